The standard InChI is InChI=1S/C18H26N2O/c1-4-18(2,3)16(17(21)20-12-8-9-13-20)19-14-15-10-6-5-7-11-15/h4-7,10-11,16,19H,1,8-9,12-14H2,2-3H3. The number of nitrogens with zero attached hydrogens (tertiary/aromatic N) is 1. The number of carbonyl (C=O) groups excluding carboxylic acids is 1. The molecule has 21 heavy (non-hydrogen) atoms. The smallest absolute Gasteiger partial charge is 0.240 e. The fourth-order valence-electron chi connectivity index (χ4n) is 2.72. The lowest BCUT2D eigenvalue weighted by molar-refractivity contribution is -0.134. The van der Waals surface area contributed by atoms with Gasteiger partial charge in [0.1, 0.15) is 0 Å². The maximum Gasteiger partial charge on any atom is 0.240 e. The summed E-state index contributed by atoms with van der Waals surface area (Å²) >= 11 is 0. The Bertz CT molecular complexity index is 475. The third-order valence-electron chi connectivity index (χ3n) is 4.29. The Kier molecular flexibility index (Phi) is 5.18. The Labute approximate surface area is 128 Å². The maximum absolute atomic E-state index is 12.8. The molecular weight excluding hydrogens is 260 g/mol. The topological polar surface area (TPSA) is 32.3 Å². The quantitative estimate of drug-likeness (QED) is 0.815. The predicted molar refractivity (Wildman–Crippen MR) is 86.9 cm³/mol. The number of benzene rings is 1. The van der Waals surface area contributed by atoms with Gasteiger partial charge in [-0.15, -0.1) is 6.58 Å². The second-order valence-electron chi connectivity index (χ2n) is 6.36. The summed E-state index contributed by atoms with van der Waals surface area (Å²) in [7, 11) is 0. The van der Waals surface area contributed by atoms with E-state index in [0.717, 1.165) is 25.9 Å². The molecule has 1 atom stereocenters. The van der Waals surface area contributed by atoms with Crippen LogP contribution in [0.5, 0.6) is 0 Å². The van der Waals surface area contributed by atoms with E-state index >= 15 is 0 Å². The summed E-state index contributed by atoms with van der Waals surface area (Å²) < 4.78 is 0. The Morgan fingerprint density at radius 3 is 2.52 bits per heavy atom. The van der Waals surface area contributed by atoms with Gasteiger partial charge in [0.25, 0.3) is 0 Å². The van der Waals surface area contributed by atoms with Crippen LogP contribution in [0, 0.1) is 5.41 Å². The molecule has 3 nitrogen and oxygen atoms in total. The summed E-state index contributed by atoms with van der Waals surface area (Å²) in [6, 6.07) is 9.97. The lowest BCUT2D eigenvalue weighted by Gasteiger charge is -2.34. The van der Waals surface area contributed by atoms with E-state index in [1.807, 2.05) is 29.2 Å². The first-order chi connectivity index (χ1) is 10.0. The van der Waals surface area contributed by atoms with Crippen molar-refractivity contribution < 1.29 is 4.79 Å². The van der Waals surface area contributed by atoms with Crippen molar-refractivity contribution in [2.75, 3.05) is 13.1 Å². The summed E-state index contributed by atoms with van der Waals surface area (Å²) in [5.41, 5.74) is 0.922. The molecule has 1 aliphatic rings. The summed E-state index contributed by atoms with van der Waals surface area (Å²) in [5.74, 6) is 0.202. The number of hydrogen-bond donors (Lipinski definition) is 1. The molecule has 0 radical (unpaired) electrons. The SMILES string of the molecule is C=CC(C)(C)C(NCc1ccccc1)C(=O)N1CCCC1. The van der Waals surface area contributed by atoms with E-state index in [1.165, 1.54) is 5.56 Å². The van der Waals surface area contributed by atoms with E-state index in [1.54, 1.807) is 0 Å². The van der Waals surface area contributed by atoms with Gasteiger partial charge in [0.05, 0.1) is 6.04 Å². The van der Waals surface area contributed by atoms with Crippen LogP contribution in [0.2, 0.25) is 0 Å². The minimum Gasteiger partial charge on any atom is -0.341 e. The average molecular weight is 286 g/mol. The van der Waals surface area contributed by atoms with Gasteiger partial charge >= 0.3 is 0 Å². The van der Waals surface area contributed by atoms with Gasteiger partial charge in [-0.05, 0) is 18.4 Å². The molecule has 1 aliphatic heterocycles. The van der Waals surface area contributed by atoms with Crippen LogP contribution in [0.4, 0.5) is 0 Å². The second-order valence-corrected chi connectivity index (χ2v) is 6.36. The predicted octanol–water partition coefficient (Wildman–Crippen LogP) is 2.98. The Morgan fingerprint density at radius 1 is 1.33 bits per heavy atom. The van der Waals surface area contributed by atoms with E-state index in [2.05, 4.69) is 37.9 Å². The summed E-state index contributed by atoms with van der Waals surface area (Å²) in [4.78, 5) is 14.8. The van der Waals surface area contributed by atoms with Gasteiger partial charge in [0.15, 0.2) is 0 Å². The molecule has 1 amide bonds. The van der Waals surface area contributed by atoms with Crippen LogP contribution < -0.4 is 5.32 Å². The van der Waals surface area contributed by atoms with Crippen LogP contribution in [0.3, 0.4) is 0 Å². The molecule has 0 bridgehead atoms. The van der Waals surface area contributed by atoms with Gasteiger partial charge in [-0.1, -0.05) is 50.3 Å². The molecule has 2 rings (SSSR count). The molecule has 1 fully saturated rings. The first-order valence-corrected chi connectivity index (χ1v) is 7.74. The minimum atomic E-state index is -0.269. The third kappa shape index (κ3) is 3.94. The van der Waals surface area contributed by atoms with Crippen LogP contribution in [0.15, 0.2) is 43.0 Å². The highest BCUT2D eigenvalue weighted by Gasteiger charge is 2.35. The van der Waals surface area contributed by atoms with Gasteiger partial charge in [0, 0.05) is 25.0 Å². The molecule has 0 saturated carbocycles. The van der Waals surface area contributed by atoms with Crippen LogP contribution in [0.1, 0.15) is 32.3 Å². The van der Waals surface area contributed by atoms with Crippen molar-refractivity contribution in [1.29, 1.82) is 0 Å². The summed E-state index contributed by atoms with van der Waals surface area (Å²) in [6.45, 7) is 10.5. The van der Waals surface area contributed by atoms with E-state index in [4.69, 9.17) is 0 Å². The van der Waals surface area contributed by atoms with E-state index in [9.17, 15) is 4.79 Å². The maximum atomic E-state index is 12.8. The molecule has 1 N–H and O–H groups in total. The van der Waals surface area contributed by atoms with Crippen LogP contribution in [-0.2, 0) is 11.3 Å². The van der Waals surface area contributed by atoms with Crippen molar-refractivity contribution in [3.8, 4) is 0 Å². The van der Waals surface area contributed by atoms with Gasteiger partial charge in [0.2, 0.25) is 5.91 Å². The number of rotatable bonds is 6. The molecule has 3 heteroatoms. The number of carbonyl (C=O) groups is 1. The first kappa shape index (κ1) is 15.8. The zero-order valence-electron chi connectivity index (χ0n) is 13.1. The molecule has 0 spiro atoms. The lowest BCUT2D eigenvalue weighted by Crippen LogP contribution is -2.52. The molecule has 0 aromatic heterocycles. The largest absolute Gasteiger partial charge is 0.341 e. The molecule has 1 aromatic carbocycles. The molecule has 1 aromatic rings. The Morgan fingerprint density at radius 2 is 1.95 bits per heavy atom. The van der Waals surface area contributed by atoms with Gasteiger partial charge in [-0.2, -0.15) is 0 Å². The summed E-state index contributed by atoms with van der Waals surface area (Å²) in [5, 5.41) is 3.44. The number of amides is 1. The van der Waals surface area contributed by atoms with Crippen molar-refractivity contribution in [1.82, 2.24) is 10.2 Å². The fourth-order valence-corrected chi connectivity index (χ4v) is 2.72. The van der Waals surface area contributed by atoms with Crippen molar-refractivity contribution in [3.63, 3.8) is 0 Å². The van der Waals surface area contributed by atoms with Crippen molar-refractivity contribution in [3.05, 3.63) is 48.6 Å². The highest BCUT2D eigenvalue weighted by Crippen LogP contribution is 2.25. The Balaban J connectivity index is 2.08. The highest BCUT2D eigenvalue weighted by molar-refractivity contribution is 5.83. The summed E-state index contributed by atoms with van der Waals surface area (Å²) in [6.07, 6.45) is 4.11. The highest BCUT2D eigenvalue weighted by atomic mass is 16.2. The fraction of sp³-hybridized carbons (Fsp3) is 0.500. The zero-order valence-corrected chi connectivity index (χ0v) is 13.1. The van der Waals surface area contributed by atoms with E-state index < -0.39 is 0 Å². The Hall–Kier alpha value is -1.61. The molecule has 0 aliphatic carbocycles. The molecule has 1 heterocycles. The number of likely N-dealkylation sites (tertiary alicyclic amines) is 1. The number of nitrogens with one attached hydrogen (secondary N) is 1. The van der Waals surface area contributed by atoms with E-state index in [0.29, 0.717) is 6.54 Å². The number of hydrogen-bond acceptors (Lipinski definition) is 2. The molecule has 114 valence electrons. The van der Waals surface area contributed by atoms with Gasteiger partial charge in [-0.3, -0.25) is 4.79 Å². The van der Waals surface area contributed by atoms with Crippen molar-refractivity contribution in [2.45, 2.75) is 39.3 Å². The van der Waals surface area contributed by atoms with Crippen molar-refractivity contribution >= 4 is 5.91 Å². The first-order valence-electron chi connectivity index (χ1n) is 7.74. The zero-order chi connectivity index (χ0) is 15.3. The average Bonchev–Trinajstić information content (AvgIpc) is 3.02. The lowest BCUT2D eigenvalue weighted by atomic mass is 9.83. The molecular formula is C18H26N2O. The second kappa shape index (κ2) is 6.90. The van der Waals surface area contributed by atoms with Gasteiger partial charge in [-0.25, -0.2) is 0 Å². The van der Waals surface area contributed by atoms with E-state index in [-0.39, 0.29) is 17.4 Å². The third-order valence-corrected chi connectivity index (χ3v) is 4.29. The van der Waals surface area contributed by atoms with Crippen LogP contribution in [-0.4, -0.2) is 29.9 Å². The normalized spacial score (nSPS) is 16.8. The molecule has 1 unspecified atom stereocenters. The van der Waals surface area contributed by atoms with Crippen LogP contribution >= 0.6 is 0 Å². The van der Waals surface area contributed by atoms with Crippen LogP contribution in [0.25, 0.3) is 0 Å². The van der Waals surface area contributed by atoms with Gasteiger partial charge < -0.3 is 10.2 Å². The van der Waals surface area contributed by atoms with Crippen molar-refractivity contribution in [2.24, 2.45) is 5.41 Å². The molecule has 1 saturated heterocycles. The minimum absolute atomic E-state index is 0.202. The monoisotopic (exact) mass is 286 g/mol.